The van der Waals surface area contributed by atoms with E-state index in [2.05, 4.69) is 10.1 Å². The van der Waals surface area contributed by atoms with Gasteiger partial charge in [0.2, 0.25) is 10.0 Å². The molecule has 19 heavy (non-hydrogen) atoms. The highest BCUT2D eigenvalue weighted by Gasteiger charge is 2.12. The zero-order chi connectivity index (χ0) is 14.9. The van der Waals surface area contributed by atoms with Crippen LogP contribution in [0.5, 0.6) is 0 Å². The van der Waals surface area contributed by atoms with Crippen LogP contribution in [0, 0.1) is 0 Å². The van der Waals surface area contributed by atoms with Gasteiger partial charge in [0.05, 0.1) is 13.4 Å². The van der Waals surface area contributed by atoms with E-state index < -0.39 is 10.0 Å². The lowest BCUT2D eigenvalue weighted by molar-refractivity contribution is -0.136. The molecule has 0 unspecified atom stereocenters. The number of carbonyl (C=O) groups is 1. The van der Waals surface area contributed by atoms with Crippen molar-refractivity contribution in [1.82, 2.24) is 9.62 Å². The van der Waals surface area contributed by atoms with Crippen molar-refractivity contribution in [3.05, 3.63) is 11.6 Å². The number of rotatable bonds is 9. The van der Waals surface area contributed by atoms with Gasteiger partial charge < -0.3 is 10.1 Å². The minimum Gasteiger partial charge on any atom is -0.466 e. The first-order chi connectivity index (χ1) is 8.82. The van der Waals surface area contributed by atoms with Crippen molar-refractivity contribution < 1.29 is 17.9 Å². The van der Waals surface area contributed by atoms with E-state index in [-0.39, 0.29) is 5.97 Å². The summed E-state index contributed by atoms with van der Waals surface area (Å²) in [6.07, 6.45) is 3.69. The minimum absolute atomic E-state index is 0.337. The minimum atomic E-state index is -3.10. The third-order valence-corrected chi connectivity index (χ3v) is 4.02. The lowest BCUT2D eigenvalue weighted by Crippen LogP contribution is -2.32. The molecule has 0 atom stereocenters. The molecule has 0 aromatic rings. The van der Waals surface area contributed by atoms with Gasteiger partial charge >= 0.3 is 5.97 Å². The van der Waals surface area contributed by atoms with Crippen LogP contribution in [0.1, 0.15) is 20.3 Å². The molecule has 6 nitrogen and oxygen atoms in total. The third-order valence-electron chi connectivity index (χ3n) is 2.64. The second-order valence-electron chi connectivity index (χ2n) is 4.19. The van der Waals surface area contributed by atoms with Gasteiger partial charge in [-0.1, -0.05) is 13.0 Å². The van der Waals surface area contributed by atoms with Gasteiger partial charge in [0.15, 0.2) is 0 Å². The van der Waals surface area contributed by atoms with Gasteiger partial charge in [-0.2, -0.15) is 0 Å². The van der Waals surface area contributed by atoms with Crippen molar-refractivity contribution in [1.29, 1.82) is 0 Å². The second-order valence-corrected chi connectivity index (χ2v) is 6.17. The van der Waals surface area contributed by atoms with Gasteiger partial charge in [-0.15, -0.1) is 0 Å². The Morgan fingerprint density at radius 3 is 2.53 bits per heavy atom. The van der Waals surface area contributed by atoms with E-state index in [1.165, 1.54) is 17.7 Å². The van der Waals surface area contributed by atoms with Crippen LogP contribution in [0.4, 0.5) is 0 Å². The molecule has 0 saturated carbocycles. The predicted molar refractivity (Wildman–Crippen MR) is 75.4 cm³/mol. The highest BCUT2D eigenvalue weighted by atomic mass is 32.2. The molecule has 0 spiro atoms. The smallest absolute Gasteiger partial charge is 0.333 e. The SMILES string of the molecule is CCN(CCCNC/C=C(/C)C(=O)OC)S(C)(=O)=O. The fourth-order valence-corrected chi connectivity index (χ4v) is 2.44. The molecule has 112 valence electrons. The average molecular weight is 292 g/mol. The Morgan fingerprint density at radius 1 is 1.42 bits per heavy atom. The summed E-state index contributed by atoms with van der Waals surface area (Å²) in [7, 11) is -1.76. The number of sulfonamides is 1. The Kier molecular flexibility index (Phi) is 8.62. The van der Waals surface area contributed by atoms with Gasteiger partial charge in [-0.25, -0.2) is 17.5 Å². The molecule has 0 aliphatic rings. The Balaban J connectivity index is 3.86. The predicted octanol–water partition coefficient (Wildman–Crippen LogP) is 0.367. The lowest BCUT2D eigenvalue weighted by Gasteiger charge is -2.17. The summed E-state index contributed by atoms with van der Waals surface area (Å²) < 4.78 is 28.6. The number of esters is 1. The molecule has 0 aromatic carbocycles. The van der Waals surface area contributed by atoms with Crippen LogP contribution in [0.15, 0.2) is 11.6 Å². The van der Waals surface area contributed by atoms with Crippen LogP contribution in [0.25, 0.3) is 0 Å². The molecule has 0 heterocycles. The van der Waals surface area contributed by atoms with Crippen LogP contribution in [-0.4, -0.2) is 58.2 Å². The fraction of sp³-hybridized carbons (Fsp3) is 0.750. The number of ether oxygens (including phenoxy) is 1. The third kappa shape index (κ3) is 7.97. The lowest BCUT2D eigenvalue weighted by atomic mass is 10.3. The van der Waals surface area contributed by atoms with Crippen LogP contribution in [0.3, 0.4) is 0 Å². The molecule has 0 rings (SSSR count). The fourth-order valence-electron chi connectivity index (χ4n) is 1.51. The largest absolute Gasteiger partial charge is 0.466 e. The van der Waals surface area contributed by atoms with Crippen molar-refractivity contribution in [3.63, 3.8) is 0 Å². The number of methoxy groups -OCH3 is 1. The number of carbonyl (C=O) groups excluding carboxylic acids is 1. The molecular formula is C12H24N2O4S. The Morgan fingerprint density at radius 2 is 2.05 bits per heavy atom. The Bertz CT molecular complexity index is 404. The van der Waals surface area contributed by atoms with E-state index in [1.54, 1.807) is 13.0 Å². The highest BCUT2D eigenvalue weighted by Crippen LogP contribution is 1.98. The van der Waals surface area contributed by atoms with E-state index in [0.29, 0.717) is 31.8 Å². The molecule has 0 amide bonds. The summed E-state index contributed by atoms with van der Waals surface area (Å²) in [6, 6.07) is 0. The van der Waals surface area contributed by atoms with E-state index in [4.69, 9.17) is 0 Å². The van der Waals surface area contributed by atoms with E-state index in [0.717, 1.165) is 6.42 Å². The number of hydrogen-bond donors (Lipinski definition) is 1. The molecule has 0 aromatic heterocycles. The summed E-state index contributed by atoms with van der Waals surface area (Å²) in [5.74, 6) is -0.337. The second kappa shape index (κ2) is 9.06. The van der Waals surface area contributed by atoms with Crippen LogP contribution in [-0.2, 0) is 19.6 Å². The molecular weight excluding hydrogens is 268 g/mol. The summed E-state index contributed by atoms with van der Waals surface area (Å²) in [6.45, 7) is 5.75. The van der Waals surface area contributed by atoms with Gasteiger partial charge in [0, 0.05) is 25.2 Å². The van der Waals surface area contributed by atoms with Crippen LogP contribution >= 0.6 is 0 Å². The Hall–Kier alpha value is -0.920. The van der Waals surface area contributed by atoms with Gasteiger partial charge in [0.1, 0.15) is 0 Å². The summed E-state index contributed by atoms with van der Waals surface area (Å²) >= 11 is 0. The molecule has 0 aliphatic carbocycles. The maximum Gasteiger partial charge on any atom is 0.333 e. The van der Waals surface area contributed by atoms with Crippen molar-refractivity contribution in [3.8, 4) is 0 Å². The van der Waals surface area contributed by atoms with Gasteiger partial charge in [-0.3, -0.25) is 0 Å². The summed E-state index contributed by atoms with van der Waals surface area (Å²) in [5, 5.41) is 3.12. The van der Waals surface area contributed by atoms with E-state index in [1.807, 2.05) is 6.92 Å². The van der Waals surface area contributed by atoms with Crippen LogP contribution in [0.2, 0.25) is 0 Å². The molecule has 1 N–H and O–H groups in total. The van der Waals surface area contributed by atoms with E-state index in [9.17, 15) is 13.2 Å². The van der Waals surface area contributed by atoms with E-state index >= 15 is 0 Å². The first kappa shape index (κ1) is 18.1. The zero-order valence-corrected chi connectivity index (χ0v) is 12.9. The maximum atomic E-state index is 11.3. The molecule has 0 aliphatic heterocycles. The molecule has 0 saturated heterocycles. The number of nitrogens with zero attached hydrogens (tertiary/aromatic N) is 1. The van der Waals surface area contributed by atoms with Crippen LogP contribution < -0.4 is 5.32 Å². The standard InChI is InChI=1S/C12H24N2O4S/c1-5-14(19(4,16)17)10-6-8-13-9-7-11(2)12(15)18-3/h7,13H,5-6,8-10H2,1-4H3/b11-7-. The molecule has 7 heteroatoms. The first-order valence-corrected chi connectivity index (χ1v) is 8.08. The number of hydrogen-bond acceptors (Lipinski definition) is 5. The molecule has 0 radical (unpaired) electrons. The molecule has 0 bridgehead atoms. The highest BCUT2D eigenvalue weighted by molar-refractivity contribution is 7.88. The van der Waals surface area contributed by atoms with Crippen molar-refractivity contribution >= 4 is 16.0 Å². The first-order valence-electron chi connectivity index (χ1n) is 6.23. The topological polar surface area (TPSA) is 75.7 Å². The van der Waals surface area contributed by atoms with Crippen molar-refractivity contribution in [2.75, 3.05) is 39.5 Å². The van der Waals surface area contributed by atoms with Gasteiger partial charge in [-0.05, 0) is 19.9 Å². The van der Waals surface area contributed by atoms with Gasteiger partial charge in [0.25, 0.3) is 0 Å². The maximum absolute atomic E-state index is 11.3. The monoisotopic (exact) mass is 292 g/mol. The molecule has 0 fully saturated rings. The average Bonchev–Trinajstić information content (AvgIpc) is 2.34. The van der Waals surface area contributed by atoms with Crippen molar-refractivity contribution in [2.24, 2.45) is 0 Å². The summed E-state index contributed by atoms with van der Waals surface area (Å²) in [4.78, 5) is 11.1. The normalized spacial score (nSPS) is 12.8. The summed E-state index contributed by atoms with van der Waals surface area (Å²) in [5.41, 5.74) is 0.557. The number of nitrogens with one attached hydrogen (secondary N) is 1. The quantitative estimate of drug-likeness (QED) is 0.377. The van der Waals surface area contributed by atoms with Crippen molar-refractivity contribution in [2.45, 2.75) is 20.3 Å². The zero-order valence-electron chi connectivity index (χ0n) is 12.1. The Labute approximate surface area is 115 Å².